The molecule has 2 aromatic rings. The number of methoxy groups -OCH3 is 1. The van der Waals surface area contributed by atoms with E-state index >= 15 is 0 Å². The Kier molecular flexibility index (Phi) is 3.24. The second kappa shape index (κ2) is 5.06. The summed E-state index contributed by atoms with van der Waals surface area (Å²) in [6.45, 7) is 0.841. The second-order valence-corrected chi connectivity index (χ2v) is 4.95. The van der Waals surface area contributed by atoms with E-state index in [4.69, 9.17) is 4.74 Å². The molecule has 0 bridgehead atoms. The van der Waals surface area contributed by atoms with E-state index in [-0.39, 0.29) is 17.5 Å². The van der Waals surface area contributed by atoms with E-state index in [9.17, 15) is 10.2 Å². The van der Waals surface area contributed by atoms with E-state index in [1.807, 2.05) is 24.3 Å². The van der Waals surface area contributed by atoms with E-state index in [1.165, 1.54) is 0 Å². The summed E-state index contributed by atoms with van der Waals surface area (Å²) in [5.41, 5.74) is 3.19. The number of phenolic OH excluding ortho intramolecular Hbond substituents is 2. The first kappa shape index (κ1) is 12.8. The highest BCUT2D eigenvalue weighted by molar-refractivity contribution is 5.50. The number of nitrogens with one attached hydrogen (secondary N) is 1. The van der Waals surface area contributed by atoms with Crippen molar-refractivity contribution in [2.24, 2.45) is 0 Å². The van der Waals surface area contributed by atoms with Crippen LogP contribution in [-0.4, -0.2) is 23.9 Å². The predicted octanol–water partition coefficient (Wildman–Crippen LogP) is 2.34. The van der Waals surface area contributed by atoms with Gasteiger partial charge in [-0.15, -0.1) is 0 Å². The van der Waals surface area contributed by atoms with Crippen LogP contribution in [0.25, 0.3) is 0 Å². The van der Waals surface area contributed by atoms with Crippen LogP contribution in [0.15, 0.2) is 36.4 Å². The summed E-state index contributed by atoms with van der Waals surface area (Å²) >= 11 is 0. The van der Waals surface area contributed by atoms with Crippen LogP contribution in [0, 0.1) is 0 Å². The van der Waals surface area contributed by atoms with Gasteiger partial charge in [-0.25, -0.2) is 0 Å². The smallest absolute Gasteiger partial charge is 0.157 e. The predicted molar refractivity (Wildman–Crippen MR) is 76.3 cm³/mol. The van der Waals surface area contributed by atoms with Crippen molar-refractivity contribution in [3.05, 3.63) is 53.1 Å². The molecule has 0 radical (unpaired) electrons. The number of fused-ring (bicyclic) bond motifs is 1. The van der Waals surface area contributed by atoms with Crippen molar-refractivity contribution in [2.45, 2.75) is 12.5 Å². The molecule has 104 valence electrons. The molecule has 4 nitrogen and oxygen atoms in total. The molecule has 0 fully saturated rings. The lowest BCUT2D eigenvalue weighted by atomic mass is 9.89. The first-order chi connectivity index (χ1) is 9.69. The van der Waals surface area contributed by atoms with E-state index in [0.29, 0.717) is 0 Å². The zero-order valence-electron chi connectivity index (χ0n) is 11.3. The third-order valence-electron chi connectivity index (χ3n) is 3.74. The highest BCUT2D eigenvalue weighted by Gasteiger charge is 2.23. The topological polar surface area (TPSA) is 61.7 Å². The van der Waals surface area contributed by atoms with Gasteiger partial charge in [-0.3, -0.25) is 0 Å². The number of phenols is 2. The summed E-state index contributed by atoms with van der Waals surface area (Å²) in [5.74, 6) is 0.684. The molecule has 0 aromatic heterocycles. The average Bonchev–Trinajstić information content (AvgIpc) is 2.48. The van der Waals surface area contributed by atoms with Crippen molar-refractivity contribution in [3.63, 3.8) is 0 Å². The SMILES string of the molecule is COc1ccc([C@@H]2NCCc3cc(O)c(O)cc32)cc1. The van der Waals surface area contributed by atoms with E-state index in [0.717, 1.165) is 35.4 Å². The standard InChI is InChI=1S/C16H17NO3/c1-20-12-4-2-10(3-5-12)16-13-9-15(19)14(18)8-11(13)6-7-17-16/h2-5,8-9,16-19H,6-7H2,1H3/t16-/m0/s1. The third-order valence-corrected chi connectivity index (χ3v) is 3.74. The molecule has 20 heavy (non-hydrogen) atoms. The molecule has 3 N–H and O–H groups in total. The van der Waals surface area contributed by atoms with Gasteiger partial charge in [0, 0.05) is 6.54 Å². The number of hydrogen-bond acceptors (Lipinski definition) is 4. The molecular formula is C16H17NO3. The van der Waals surface area contributed by atoms with Gasteiger partial charge in [-0.2, -0.15) is 0 Å². The lowest BCUT2D eigenvalue weighted by Gasteiger charge is -2.28. The molecular weight excluding hydrogens is 254 g/mol. The Labute approximate surface area is 117 Å². The monoisotopic (exact) mass is 271 g/mol. The van der Waals surface area contributed by atoms with Crippen molar-refractivity contribution >= 4 is 0 Å². The minimum Gasteiger partial charge on any atom is -0.504 e. The number of rotatable bonds is 2. The van der Waals surface area contributed by atoms with Crippen molar-refractivity contribution < 1.29 is 14.9 Å². The van der Waals surface area contributed by atoms with E-state index < -0.39 is 0 Å². The number of benzene rings is 2. The van der Waals surface area contributed by atoms with Gasteiger partial charge in [0.15, 0.2) is 11.5 Å². The molecule has 0 unspecified atom stereocenters. The van der Waals surface area contributed by atoms with Crippen molar-refractivity contribution in [1.82, 2.24) is 5.32 Å². The van der Waals surface area contributed by atoms with Crippen molar-refractivity contribution in [2.75, 3.05) is 13.7 Å². The van der Waals surface area contributed by atoms with E-state index in [1.54, 1.807) is 19.2 Å². The first-order valence-corrected chi connectivity index (χ1v) is 6.61. The van der Waals surface area contributed by atoms with Crippen LogP contribution in [0.4, 0.5) is 0 Å². The van der Waals surface area contributed by atoms with Gasteiger partial charge in [0.2, 0.25) is 0 Å². The van der Waals surface area contributed by atoms with Gasteiger partial charge in [0.05, 0.1) is 13.2 Å². The summed E-state index contributed by atoms with van der Waals surface area (Å²) in [6, 6.07) is 11.2. The van der Waals surface area contributed by atoms with Crippen LogP contribution >= 0.6 is 0 Å². The quantitative estimate of drug-likeness (QED) is 0.734. The van der Waals surface area contributed by atoms with Gasteiger partial charge < -0.3 is 20.3 Å². The summed E-state index contributed by atoms with van der Waals surface area (Å²) in [4.78, 5) is 0. The average molecular weight is 271 g/mol. The zero-order chi connectivity index (χ0) is 14.1. The first-order valence-electron chi connectivity index (χ1n) is 6.61. The molecule has 1 aliphatic rings. The molecule has 0 spiro atoms. The number of ether oxygens (including phenoxy) is 1. The van der Waals surface area contributed by atoms with Gasteiger partial charge in [0.25, 0.3) is 0 Å². The second-order valence-electron chi connectivity index (χ2n) is 4.95. The van der Waals surface area contributed by atoms with Gasteiger partial charge in [-0.05, 0) is 47.4 Å². The Morgan fingerprint density at radius 1 is 1.10 bits per heavy atom. The van der Waals surface area contributed by atoms with Crippen LogP contribution in [0.1, 0.15) is 22.7 Å². The van der Waals surface area contributed by atoms with Crippen LogP contribution in [0.2, 0.25) is 0 Å². The highest BCUT2D eigenvalue weighted by atomic mass is 16.5. The van der Waals surface area contributed by atoms with Crippen molar-refractivity contribution in [3.8, 4) is 17.2 Å². The Balaban J connectivity index is 2.02. The maximum atomic E-state index is 9.72. The Morgan fingerprint density at radius 2 is 1.80 bits per heavy atom. The summed E-state index contributed by atoms with van der Waals surface area (Å²) in [5, 5.41) is 22.8. The van der Waals surface area contributed by atoms with Gasteiger partial charge >= 0.3 is 0 Å². The lowest BCUT2D eigenvalue weighted by molar-refractivity contribution is 0.400. The maximum Gasteiger partial charge on any atom is 0.157 e. The molecule has 0 saturated carbocycles. The van der Waals surface area contributed by atoms with Crippen LogP contribution in [-0.2, 0) is 6.42 Å². The Hall–Kier alpha value is -2.20. The van der Waals surface area contributed by atoms with Crippen LogP contribution in [0.3, 0.4) is 0 Å². The lowest BCUT2D eigenvalue weighted by Crippen LogP contribution is -2.30. The zero-order valence-corrected chi connectivity index (χ0v) is 11.3. The largest absolute Gasteiger partial charge is 0.504 e. The fourth-order valence-electron chi connectivity index (χ4n) is 2.68. The maximum absolute atomic E-state index is 9.72. The highest BCUT2D eigenvalue weighted by Crippen LogP contribution is 2.36. The Bertz CT molecular complexity index is 622. The molecule has 1 heterocycles. The Morgan fingerprint density at radius 3 is 2.50 bits per heavy atom. The minimum atomic E-state index is -0.0778. The fourth-order valence-corrected chi connectivity index (χ4v) is 2.68. The number of hydrogen-bond donors (Lipinski definition) is 3. The molecule has 1 atom stereocenters. The number of aromatic hydroxyl groups is 2. The molecule has 4 heteroatoms. The summed E-state index contributed by atoms with van der Waals surface area (Å²) in [7, 11) is 1.64. The van der Waals surface area contributed by atoms with Gasteiger partial charge in [0.1, 0.15) is 5.75 Å². The molecule has 0 saturated heterocycles. The van der Waals surface area contributed by atoms with Crippen molar-refractivity contribution in [1.29, 1.82) is 0 Å². The fraction of sp³-hybridized carbons (Fsp3) is 0.250. The van der Waals surface area contributed by atoms with E-state index in [2.05, 4.69) is 5.32 Å². The normalized spacial score (nSPS) is 17.6. The minimum absolute atomic E-state index is 0.0242. The molecule has 0 amide bonds. The van der Waals surface area contributed by atoms with Gasteiger partial charge in [-0.1, -0.05) is 12.1 Å². The molecule has 2 aromatic carbocycles. The molecule has 3 rings (SSSR count). The molecule has 1 aliphatic heterocycles. The van der Waals surface area contributed by atoms with Crippen LogP contribution < -0.4 is 10.1 Å². The van der Waals surface area contributed by atoms with Crippen LogP contribution in [0.5, 0.6) is 17.2 Å². The summed E-state index contributed by atoms with van der Waals surface area (Å²) in [6.07, 6.45) is 0.843. The molecule has 0 aliphatic carbocycles. The third kappa shape index (κ3) is 2.18. The summed E-state index contributed by atoms with van der Waals surface area (Å²) < 4.78 is 5.17.